The number of ether oxygens (including phenoxy) is 1. The van der Waals surface area contributed by atoms with Crippen LogP contribution in [0.4, 0.5) is 17.6 Å². The van der Waals surface area contributed by atoms with Crippen molar-refractivity contribution in [3.8, 4) is 0 Å². The third kappa shape index (κ3) is 3.68. The Bertz CT molecular complexity index is 601. The van der Waals surface area contributed by atoms with E-state index in [1.165, 1.54) is 6.20 Å². The normalized spacial score (nSPS) is 13.8. The number of hydrogen-bond donors (Lipinski definition) is 1. The number of nitrogens with two attached hydrogens (primary N) is 1. The molecule has 0 aliphatic rings. The van der Waals surface area contributed by atoms with Gasteiger partial charge >= 0.3 is 12.3 Å². The average Bonchev–Trinajstić information content (AvgIpc) is 2.46. The number of fused-ring (bicyclic) bond motifs is 1. The molecule has 1 heterocycles. The molecule has 0 radical (unpaired) electrons. The van der Waals surface area contributed by atoms with E-state index < -0.39 is 25.0 Å². The van der Waals surface area contributed by atoms with Crippen molar-refractivity contribution >= 4 is 10.8 Å². The third-order valence-corrected chi connectivity index (χ3v) is 3.01. The molecule has 1 aromatic heterocycles. The van der Waals surface area contributed by atoms with Crippen molar-refractivity contribution in [1.82, 2.24) is 4.98 Å². The first-order chi connectivity index (χ1) is 9.92. The molecular weight excluding hydrogens is 288 g/mol. The zero-order chi connectivity index (χ0) is 15.5. The zero-order valence-electron chi connectivity index (χ0n) is 11.0. The van der Waals surface area contributed by atoms with Crippen LogP contribution in [0.3, 0.4) is 0 Å². The van der Waals surface area contributed by atoms with Gasteiger partial charge in [0.05, 0.1) is 12.6 Å². The van der Waals surface area contributed by atoms with Crippen molar-refractivity contribution in [3.05, 3.63) is 42.2 Å². The molecule has 0 spiro atoms. The molecule has 0 aliphatic heterocycles. The molecule has 0 bridgehead atoms. The van der Waals surface area contributed by atoms with E-state index >= 15 is 0 Å². The fraction of sp³-hybridized carbons (Fsp3) is 0.357. The standard InChI is InChI=1S/C14H14F4N2O/c15-13(16)14(17,18)8-21-7-12(19)11-6-20-5-9-3-1-2-4-10(9)11/h1-6,12-13H,7-8,19H2. The summed E-state index contributed by atoms with van der Waals surface area (Å²) >= 11 is 0. The molecular formula is C14H14F4N2O. The first-order valence-corrected chi connectivity index (χ1v) is 6.24. The maximum atomic E-state index is 12.7. The van der Waals surface area contributed by atoms with Crippen LogP contribution in [-0.2, 0) is 4.74 Å². The van der Waals surface area contributed by atoms with Gasteiger partial charge in [0.1, 0.15) is 6.61 Å². The van der Waals surface area contributed by atoms with Gasteiger partial charge in [0.25, 0.3) is 0 Å². The van der Waals surface area contributed by atoms with E-state index in [4.69, 9.17) is 5.73 Å². The van der Waals surface area contributed by atoms with Gasteiger partial charge in [0.15, 0.2) is 0 Å². The molecule has 2 aromatic rings. The van der Waals surface area contributed by atoms with Crippen LogP contribution >= 0.6 is 0 Å². The number of nitrogens with zero attached hydrogens (tertiary/aromatic N) is 1. The van der Waals surface area contributed by atoms with Crippen LogP contribution < -0.4 is 5.73 Å². The molecule has 1 aromatic carbocycles. The van der Waals surface area contributed by atoms with Crippen molar-refractivity contribution in [3.63, 3.8) is 0 Å². The topological polar surface area (TPSA) is 48.1 Å². The second kappa shape index (κ2) is 6.36. The molecule has 7 heteroatoms. The summed E-state index contributed by atoms with van der Waals surface area (Å²) < 4.78 is 54.1. The van der Waals surface area contributed by atoms with Gasteiger partial charge in [-0.1, -0.05) is 24.3 Å². The Kier molecular flexibility index (Phi) is 4.74. The number of aromatic nitrogens is 1. The second-order valence-corrected chi connectivity index (χ2v) is 4.63. The smallest absolute Gasteiger partial charge is 0.330 e. The quantitative estimate of drug-likeness (QED) is 0.834. The molecule has 114 valence electrons. The summed E-state index contributed by atoms with van der Waals surface area (Å²) in [4.78, 5) is 4.02. The molecule has 0 saturated heterocycles. The summed E-state index contributed by atoms with van der Waals surface area (Å²) in [5, 5.41) is 1.67. The predicted molar refractivity (Wildman–Crippen MR) is 70.4 cm³/mol. The van der Waals surface area contributed by atoms with Gasteiger partial charge < -0.3 is 10.5 Å². The Morgan fingerprint density at radius 1 is 1.19 bits per heavy atom. The maximum absolute atomic E-state index is 12.7. The van der Waals surface area contributed by atoms with Gasteiger partial charge in [-0.3, -0.25) is 4.98 Å². The first-order valence-electron chi connectivity index (χ1n) is 6.24. The van der Waals surface area contributed by atoms with E-state index in [0.717, 1.165) is 10.8 Å². The largest absolute Gasteiger partial charge is 0.373 e. The molecule has 0 fully saturated rings. The Balaban J connectivity index is 2.04. The van der Waals surface area contributed by atoms with E-state index in [1.807, 2.05) is 24.3 Å². The van der Waals surface area contributed by atoms with Crippen molar-refractivity contribution in [2.45, 2.75) is 18.4 Å². The summed E-state index contributed by atoms with van der Waals surface area (Å²) in [5.41, 5.74) is 6.49. The van der Waals surface area contributed by atoms with Gasteiger partial charge in [0.2, 0.25) is 0 Å². The summed E-state index contributed by atoms with van der Waals surface area (Å²) in [5.74, 6) is -4.17. The molecule has 1 atom stereocenters. The van der Waals surface area contributed by atoms with Crippen LogP contribution in [0, 0.1) is 0 Å². The van der Waals surface area contributed by atoms with Crippen molar-refractivity contribution in [2.75, 3.05) is 13.2 Å². The number of rotatable bonds is 6. The van der Waals surface area contributed by atoms with Gasteiger partial charge in [-0.05, 0) is 10.9 Å². The van der Waals surface area contributed by atoms with Gasteiger partial charge in [0, 0.05) is 17.8 Å². The molecule has 1 unspecified atom stereocenters. The Hall–Kier alpha value is -1.73. The van der Waals surface area contributed by atoms with Crippen LogP contribution in [0.25, 0.3) is 10.8 Å². The second-order valence-electron chi connectivity index (χ2n) is 4.63. The molecule has 2 rings (SSSR count). The van der Waals surface area contributed by atoms with Crippen LogP contribution in [0.15, 0.2) is 36.7 Å². The highest BCUT2D eigenvalue weighted by molar-refractivity contribution is 5.85. The van der Waals surface area contributed by atoms with E-state index in [1.54, 1.807) is 6.20 Å². The Morgan fingerprint density at radius 3 is 2.62 bits per heavy atom. The number of pyridine rings is 1. The number of benzene rings is 1. The molecule has 0 saturated carbocycles. The lowest BCUT2D eigenvalue weighted by molar-refractivity contribution is -0.166. The van der Waals surface area contributed by atoms with Gasteiger partial charge in [-0.15, -0.1) is 0 Å². The summed E-state index contributed by atoms with van der Waals surface area (Å²) in [6.07, 6.45) is -0.591. The van der Waals surface area contributed by atoms with Crippen LogP contribution in [-0.4, -0.2) is 30.5 Å². The van der Waals surface area contributed by atoms with Crippen LogP contribution in [0.1, 0.15) is 11.6 Å². The summed E-state index contributed by atoms with van der Waals surface area (Å²) in [7, 11) is 0. The maximum Gasteiger partial charge on any atom is 0.330 e. The number of halogens is 4. The predicted octanol–water partition coefficient (Wildman–Crippen LogP) is 3.15. The van der Waals surface area contributed by atoms with Crippen molar-refractivity contribution in [1.29, 1.82) is 0 Å². The Labute approximate surface area is 118 Å². The molecule has 21 heavy (non-hydrogen) atoms. The summed E-state index contributed by atoms with van der Waals surface area (Å²) in [6.45, 7) is -1.66. The van der Waals surface area contributed by atoms with Crippen LogP contribution in [0.2, 0.25) is 0 Å². The van der Waals surface area contributed by atoms with Crippen molar-refractivity contribution < 1.29 is 22.3 Å². The van der Waals surface area contributed by atoms with E-state index in [-0.39, 0.29) is 6.61 Å². The molecule has 0 aliphatic carbocycles. The first kappa shape index (κ1) is 15.7. The highest BCUT2D eigenvalue weighted by Gasteiger charge is 2.41. The lowest BCUT2D eigenvalue weighted by Crippen LogP contribution is -2.33. The minimum atomic E-state index is -4.17. The zero-order valence-corrected chi connectivity index (χ0v) is 11.0. The number of hydrogen-bond acceptors (Lipinski definition) is 3. The fourth-order valence-corrected chi connectivity index (χ4v) is 1.91. The lowest BCUT2D eigenvalue weighted by Gasteiger charge is -2.18. The van der Waals surface area contributed by atoms with E-state index in [0.29, 0.717) is 5.56 Å². The highest BCUT2D eigenvalue weighted by atomic mass is 19.3. The average molecular weight is 302 g/mol. The fourth-order valence-electron chi connectivity index (χ4n) is 1.91. The van der Waals surface area contributed by atoms with E-state index in [2.05, 4.69) is 9.72 Å². The Morgan fingerprint density at radius 2 is 1.90 bits per heavy atom. The summed E-state index contributed by atoms with van der Waals surface area (Å²) in [6, 6.07) is 6.57. The third-order valence-electron chi connectivity index (χ3n) is 3.01. The van der Waals surface area contributed by atoms with Crippen molar-refractivity contribution in [2.24, 2.45) is 5.73 Å². The minimum Gasteiger partial charge on any atom is -0.373 e. The van der Waals surface area contributed by atoms with Crippen LogP contribution in [0.5, 0.6) is 0 Å². The molecule has 2 N–H and O–H groups in total. The van der Waals surface area contributed by atoms with Gasteiger partial charge in [-0.2, -0.15) is 8.78 Å². The van der Waals surface area contributed by atoms with Gasteiger partial charge in [-0.25, -0.2) is 8.78 Å². The monoisotopic (exact) mass is 302 g/mol. The minimum absolute atomic E-state index is 0.294. The highest BCUT2D eigenvalue weighted by Crippen LogP contribution is 2.25. The SMILES string of the molecule is NC(COCC(F)(F)C(F)F)c1cncc2ccccc12. The molecule has 0 amide bonds. The van der Waals surface area contributed by atoms with E-state index in [9.17, 15) is 17.6 Å². The molecule has 3 nitrogen and oxygen atoms in total. The number of alkyl halides is 4. The lowest BCUT2D eigenvalue weighted by atomic mass is 10.0.